The Morgan fingerprint density at radius 1 is 1.75 bits per heavy atom. The molecule has 2 N–H and O–H groups in total. The molecule has 1 heterocycles. The van der Waals surface area contributed by atoms with Crippen molar-refractivity contribution in [3.8, 4) is 0 Å². The summed E-state index contributed by atoms with van der Waals surface area (Å²) in [6.45, 7) is 3.52. The van der Waals surface area contributed by atoms with Gasteiger partial charge in [-0.15, -0.1) is 0 Å². The van der Waals surface area contributed by atoms with Crippen LogP contribution in [0.4, 0.5) is 5.88 Å². The highest BCUT2D eigenvalue weighted by molar-refractivity contribution is 5.57. The fourth-order valence-corrected chi connectivity index (χ4v) is 0.499. The lowest BCUT2D eigenvalue weighted by Crippen LogP contribution is -1.80. The average Bonchev–Trinajstić information content (AvgIpc) is 2.14. The molecule has 0 aliphatic carbocycles. The van der Waals surface area contributed by atoms with Gasteiger partial charge in [-0.05, 0) is 6.07 Å². The second-order valence-electron chi connectivity index (χ2n) is 1.44. The Morgan fingerprint density at radius 2 is 2.50 bits per heavy atom. The fourth-order valence-electron chi connectivity index (χ4n) is 0.499. The van der Waals surface area contributed by atoms with Gasteiger partial charge in [0, 0.05) is 5.56 Å². The molecule has 0 aliphatic heterocycles. The van der Waals surface area contributed by atoms with Gasteiger partial charge in [-0.3, -0.25) is 0 Å². The summed E-state index contributed by atoms with van der Waals surface area (Å²) in [5.41, 5.74) is 6.16. The summed E-state index contributed by atoms with van der Waals surface area (Å²) >= 11 is 0. The number of hydrogen-bond donors (Lipinski definition) is 1. The normalized spacial score (nSPS) is 9.00. The number of nitrogens with two attached hydrogens (primary N) is 1. The van der Waals surface area contributed by atoms with Gasteiger partial charge >= 0.3 is 0 Å². The van der Waals surface area contributed by atoms with E-state index in [2.05, 4.69) is 6.58 Å². The van der Waals surface area contributed by atoms with Crippen molar-refractivity contribution in [2.24, 2.45) is 0 Å². The molecule has 0 atom stereocenters. The SMILES string of the molecule is C=Cc1ccoc1N. The number of anilines is 1. The Balaban J connectivity index is 3.09. The molecule has 1 aromatic heterocycles. The molecule has 0 saturated heterocycles. The molecule has 0 amide bonds. The van der Waals surface area contributed by atoms with Gasteiger partial charge < -0.3 is 10.2 Å². The number of furan rings is 1. The largest absolute Gasteiger partial charge is 0.449 e. The Kier molecular flexibility index (Phi) is 1.08. The van der Waals surface area contributed by atoms with E-state index in [0.717, 1.165) is 5.56 Å². The zero-order valence-corrected chi connectivity index (χ0v) is 4.42. The molecular formula is C6H7NO. The number of nitrogen functional groups attached to an aromatic ring is 1. The highest BCUT2D eigenvalue weighted by Crippen LogP contribution is 2.12. The van der Waals surface area contributed by atoms with Crippen molar-refractivity contribution in [3.63, 3.8) is 0 Å². The second-order valence-corrected chi connectivity index (χ2v) is 1.44. The Morgan fingerprint density at radius 3 is 2.75 bits per heavy atom. The predicted octanol–water partition coefficient (Wildman–Crippen LogP) is 1.50. The standard InChI is InChI=1S/C6H7NO/c1-2-5-3-4-8-6(5)7/h2-4H,1,7H2. The minimum atomic E-state index is 0.431. The van der Waals surface area contributed by atoms with Gasteiger partial charge in [0.2, 0.25) is 0 Å². The molecule has 2 heteroatoms. The zero-order chi connectivity index (χ0) is 5.98. The summed E-state index contributed by atoms with van der Waals surface area (Å²) in [6, 6.07) is 1.77. The first kappa shape index (κ1) is 4.97. The highest BCUT2D eigenvalue weighted by Gasteiger charge is 1.92. The van der Waals surface area contributed by atoms with E-state index in [9.17, 15) is 0 Å². The molecule has 8 heavy (non-hydrogen) atoms. The molecule has 0 bridgehead atoms. The van der Waals surface area contributed by atoms with E-state index in [1.165, 1.54) is 6.26 Å². The zero-order valence-electron chi connectivity index (χ0n) is 4.42. The lowest BCUT2D eigenvalue weighted by Gasteiger charge is -1.82. The summed E-state index contributed by atoms with van der Waals surface area (Å²) in [7, 11) is 0. The van der Waals surface area contributed by atoms with Crippen LogP contribution in [0.3, 0.4) is 0 Å². The van der Waals surface area contributed by atoms with E-state index in [1.54, 1.807) is 12.1 Å². The van der Waals surface area contributed by atoms with Crippen molar-refractivity contribution in [2.45, 2.75) is 0 Å². The first-order valence-electron chi connectivity index (χ1n) is 2.30. The smallest absolute Gasteiger partial charge is 0.197 e. The van der Waals surface area contributed by atoms with E-state index >= 15 is 0 Å². The van der Waals surface area contributed by atoms with E-state index in [0.29, 0.717) is 5.88 Å². The van der Waals surface area contributed by atoms with Gasteiger partial charge in [-0.25, -0.2) is 0 Å². The minimum Gasteiger partial charge on any atom is -0.449 e. The molecule has 2 nitrogen and oxygen atoms in total. The monoisotopic (exact) mass is 109 g/mol. The molecular weight excluding hydrogens is 102 g/mol. The van der Waals surface area contributed by atoms with Crippen LogP contribution in [0, 0.1) is 0 Å². The average molecular weight is 109 g/mol. The molecule has 1 aromatic rings. The van der Waals surface area contributed by atoms with Crippen LogP contribution in [0.5, 0.6) is 0 Å². The maximum atomic E-state index is 5.31. The quantitative estimate of drug-likeness (QED) is 0.593. The first-order chi connectivity index (χ1) is 3.84. The van der Waals surface area contributed by atoms with E-state index in [4.69, 9.17) is 10.2 Å². The van der Waals surface area contributed by atoms with Crippen molar-refractivity contribution < 1.29 is 4.42 Å². The summed E-state index contributed by atoms with van der Waals surface area (Å²) in [5.74, 6) is 0.431. The lowest BCUT2D eigenvalue weighted by molar-refractivity contribution is 0.587. The Bertz CT molecular complexity index is 190. The van der Waals surface area contributed by atoms with Crippen LogP contribution in [0.1, 0.15) is 5.56 Å². The maximum Gasteiger partial charge on any atom is 0.197 e. The Hall–Kier alpha value is -1.18. The predicted molar refractivity (Wildman–Crippen MR) is 33.2 cm³/mol. The summed E-state index contributed by atoms with van der Waals surface area (Å²) in [6.07, 6.45) is 3.19. The fraction of sp³-hybridized carbons (Fsp3) is 0. The molecule has 0 spiro atoms. The third-order valence-corrected chi connectivity index (χ3v) is 0.947. The lowest BCUT2D eigenvalue weighted by atomic mass is 10.3. The van der Waals surface area contributed by atoms with Crippen LogP contribution >= 0.6 is 0 Å². The van der Waals surface area contributed by atoms with Crippen LogP contribution in [0.25, 0.3) is 6.08 Å². The van der Waals surface area contributed by atoms with Crippen LogP contribution in [-0.4, -0.2) is 0 Å². The third-order valence-electron chi connectivity index (χ3n) is 0.947. The van der Waals surface area contributed by atoms with Crippen LogP contribution in [0.15, 0.2) is 23.3 Å². The molecule has 0 aliphatic rings. The van der Waals surface area contributed by atoms with E-state index in [-0.39, 0.29) is 0 Å². The van der Waals surface area contributed by atoms with Gasteiger partial charge in [-0.2, -0.15) is 0 Å². The van der Waals surface area contributed by atoms with E-state index in [1.807, 2.05) is 0 Å². The molecule has 0 radical (unpaired) electrons. The second kappa shape index (κ2) is 1.74. The molecule has 0 unspecified atom stereocenters. The van der Waals surface area contributed by atoms with Gasteiger partial charge in [0.05, 0.1) is 6.26 Å². The van der Waals surface area contributed by atoms with Gasteiger partial charge in [0.15, 0.2) is 5.88 Å². The Labute approximate surface area is 47.6 Å². The highest BCUT2D eigenvalue weighted by atomic mass is 16.3. The molecule has 0 fully saturated rings. The maximum absolute atomic E-state index is 5.31. The number of rotatable bonds is 1. The summed E-state index contributed by atoms with van der Waals surface area (Å²) < 4.78 is 4.76. The van der Waals surface area contributed by atoms with E-state index < -0.39 is 0 Å². The van der Waals surface area contributed by atoms with Crippen LogP contribution in [-0.2, 0) is 0 Å². The van der Waals surface area contributed by atoms with Crippen molar-refractivity contribution in [2.75, 3.05) is 5.73 Å². The molecule has 0 saturated carbocycles. The summed E-state index contributed by atoms with van der Waals surface area (Å²) in [5, 5.41) is 0. The summed E-state index contributed by atoms with van der Waals surface area (Å²) in [4.78, 5) is 0. The van der Waals surface area contributed by atoms with Crippen molar-refractivity contribution in [1.82, 2.24) is 0 Å². The topological polar surface area (TPSA) is 39.2 Å². The molecule has 42 valence electrons. The first-order valence-corrected chi connectivity index (χ1v) is 2.30. The minimum absolute atomic E-state index is 0.431. The van der Waals surface area contributed by atoms with Crippen LogP contribution in [0.2, 0.25) is 0 Å². The number of hydrogen-bond acceptors (Lipinski definition) is 2. The van der Waals surface area contributed by atoms with Gasteiger partial charge in [0.25, 0.3) is 0 Å². The molecule has 0 aromatic carbocycles. The van der Waals surface area contributed by atoms with Gasteiger partial charge in [0.1, 0.15) is 0 Å². The van der Waals surface area contributed by atoms with Crippen molar-refractivity contribution >= 4 is 12.0 Å². The molecule has 1 rings (SSSR count). The van der Waals surface area contributed by atoms with Crippen molar-refractivity contribution in [1.29, 1.82) is 0 Å². The van der Waals surface area contributed by atoms with Crippen LogP contribution < -0.4 is 5.73 Å². The van der Waals surface area contributed by atoms with Crippen molar-refractivity contribution in [3.05, 3.63) is 24.5 Å². The third kappa shape index (κ3) is 0.601. The van der Waals surface area contributed by atoms with Gasteiger partial charge in [-0.1, -0.05) is 12.7 Å².